The fourth-order valence-corrected chi connectivity index (χ4v) is 3.63. The summed E-state index contributed by atoms with van der Waals surface area (Å²) in [6, 6.07) is 10.3. The highest BCUT2D eigenvalue weighted by molar-refractivity contribution is 5.73. The molecule has 2 N–H and O–H groups in total. The van der Waals surface area contributed by atoms with Gasteiger partial charge in [0.05, 0.1) is 5.69 Å². The lowest BCUT2D eigenvalue weighted by Gasteiger charge is -2.35. The third-order valence-electron chi connectivity index (χ3n) is 5.18. The van der Waals surface area contributed by atoms with Crippen LogP contribution >= 0.6 is 0 Å². The van der Waals surface area contributed by atoms with E-state index >= 15 is 0 Å². The fraction of sp³-hybridized carbons (Fsp3) is 0.524. The van der Waals surface area contributed by atoms with Crippen LogP contribution < -0.4 is 10.6 Å². The Bertz CT molecular complexity index is 700. The average molecular weight is 370 g/mol. The Morgan fingerprint density at radius 1 is 1.26 bits per heavy atom. The van der Waals surface area contributed by atoms with Gasteiger partial charge in [0.15, 0.2) is 0 Å². The molecule has 2 aromatic rings. The molecule has 1 atom stereocenters. The van der Waals surface area contributed by atoms with E-state index < -0.39 is 0 Å². The fourth-order valence-electron chi connectivity index (χ4n) is 3.63. The lowest BCUT2D eigenvalue weighted by molar-refractivity contribution is 0.144. The summed E-state index contributed by atoms with van der Waals surface area (Å²) in [4.78, 5) is 14.8. The van der Waals surface area contributed by atoms with E-state index in [1.165, 1.54) is 32.1 Å². The summed E-state index contributed by atoms with van der Waals surface area (Å²) in [5, 5.41) is 10.3. The van der Waals surface area contributed by atoms with Crippen molar-refractivity contribution in [2.45, 2.75) is 51.6 Å². The first-order valence-corrected chi connectivity index (χ1v) is 10.1. The van der Waals surface area contributed by atoms with Gasteiger partial charge in [-0.1, -0.05) is 31.9 Å². The SMILES string of the molecule is CCCCN1CCCCC1CNC(=O)NCc1cccc(-n2cccn2)c1. The Labute approximate surface area is 161 Å². The molecule has 6 heteroatoms. The first-order valence-electron chi connectivity index (χ1n) is 10.1. The lowest BCUT2D eigenvalue weighted by Crippen LogP contribution is -2.48. The first kappa shape index (κ1) is 19.4. The molecule has 2 amide bonds. The van der Waals surface area contributed by atoms with E-state index in [4.69, 9.17) is 0 Å². The van der Waals surface area contributed by atoms with E-state index in [1.54, 1.807) is 6.20 Å². The number of aromatic nitrogens is 2. The largest absolute Gasteiger partial charge is 0.337 e. The summed E-state index contributed by atoms with van der Waals surface area (Å²) in [5.41, 5.74) is 2.05. The quantitative estimate of drug-likeness (QED) is 0.750. The van der Waals surface area contributed by atoms with Crippen LogP contribution in [0.2, 0.25) is 0 Å². The van der Waals surface area contributed by atoms with Gasteiger partial charge in [0.2, 0.25) is 0 Å². The van der Waals surface area contributed by atoms with E-state index in [0.717, 1.165) is 30.9 Å². The summed E-state index contributed by atoms with van der Waals surface area (Å²) in [7, 11) is 0. The van der Waals surface area contributed by atoms with Crippen molar-refractivity contribution in [3.05, 3.63) is 48.3 Å². The van der Waals surface area contributed by atoms with Gasteiger partial charge in [0.25, 0.3) is 0 Å². The Morgan fingerprint density at radius 3 is 3.00 bits per heavy atom. The molecule has 2 heterocycles. The summed E-state index contributed by atoms with van der Waals surface area (Å²) < 4.78 is 1.82. The molecule has 0 radical (unpaired) electrons. The number of nitrogens with zero attached hydrogens (tertiary/aromatic N) is 3. The van der Waals surface area contributed by atoms with Crippen molar-refractivity contribution in [1.82, 2.24) is 25.3 Å². The van der Waals surface area contributed by atoms with Crippen LogP contribution in [0.4, 0.5) is 4.79 Å². The highest BCUT2D eigenvalue weighted by Gasteiger charge is 2.22. The molecule has 1 aliphatic heterocycles. The van der Waals surface area contributed by atoms with E-state index in [0.29, 0.717) is 12.6 Å². The summed E-state index contributed by atoms with van der Waals surface area (Å²) in [6.07, 6.45) is 9.83. The Morgan fingerprint density at radius 2 is 2.19 bits per heavy atom. The van der Waals surface area contributed by atoms with Crippen LogP contribution in [0, 0.1) is 0 Å². The molecule has 0 spiro atoms. The number of benzene rings is 1. The molecule has 146 valence electrons. The highest BCUT2D eigenvalue weighted by Crippen LogP contribution is 2.17. The maximum atomic E-state index is 12.2. The van der Waals surface area contributed by atoms with Gasteiger partial charge in [-0.2, -0.15) is 5.10 Å². The van der Waals surface area contributed by atoms with Crippen molar-refractivity contribution >= 4 is 6.03 Å². The number of nitrogens with one attached hydrogen (secondary N) is 2. The molecule has 1 aliphatic rings. The van der Waals surface area contributed by atoms with E-state index in [2.05, 4.69) is 27.6 Å². The normalized spacial score (nSPS) is 17.6. The molecule has 1 saturated heterocycles. The molecule has 0 saturated carbocycles. The number of amides is 2. The predicted molar refractivity (Wildman–Crippen MR) is 108 cm³/mol. The van der Waals surface area contributed by atoms with Gasteiger partial charge in [0.1, 0.15) is 0 Å². The topological polar surface area (TPSA) is 62.2 Å². The number of piperidine rings is 1. The van der Waals surface area contributed by atoms with Crippen LogP contribution in [-0.2, 0) is 6.54 Å². The van der Waals surface area contributed by atoms with Crippen molar-refractivity contribution in [3.8, 4) is 5.69 Å². The standard InChI is InChI=1S/C21H31N5O/c1-2-3-12-25-13-5-4-9-20(25)17-23-21(27)22-16-18-8-6-10-19(15-18)26-14-7-11-24-26/h6-8,10-11,14-15,20H,2-5,9,12-13,16-17H2,1H3,(H2,22,23,27). The van der Waals surface area contributed by atoms with Crippen molar-refractivity contribution in [2.75, 3.05) is 19.6 Å². The average Bonchev–Trinajstić information content (AvgIpc) is 3.25. The number of likely N-dealkylation sites (tertiary alicyclic amines) is 1. The van der Waals surface area contributed by atoms with Crippen molar-refractivity contribution in [2.24, 2.45) is 0 Å². The van der Waals surface area contributed by atoms with Gasteiger partial charge in [0, 0.05) is 31.5 Å². The molecule has 1 fully saturated rings. The minimum absolute atomic E-state index is 0.0968. The third-order valence-corrected chi connectivity index (χ3v) is 5.18. The van der Waals surface area contributed by atoms with Crippen LogP contribution in [0.1, 0.15) is 44.6 Å². The minimum Gasteiger partial charge on any atom is -0.337 e. The Kier molecular flexibility index (Phi) is 7.27. The first-order chi connectivity index (χ1) is 13.3. The molecule has 6 nitrogen and oxygen atoms in total. The number of urea groups is 1. The van der Waals surface area contributed by atoms with Crippen molar-refractivity contribution in [3.63, 3.8) is 0 Å². The second-order valence-electron chi connectivity index (χ2n) is 7.22. The van der Waals surface area contributed by atoms with E-state index in [9.17, 15) is 4.79 Å². The highest BCUT2D eigenvalue weighted by atomic mass is 16.2. The van der Waals surface area contributed by atoms with E-state index in [-0.39, 0.29) is 6.03 Å². The second-order valence-corrected chi connectivity index (χ2v) is 7.22. The number of carbonyl (C=O) groups excluding carboxylic acids is 1. The molecule has 0 bridgehead atoms. The number of rotatable bonds is 8. The predicted octanol–water partition coefficient (Wildman–Crippen LogP) is 3.33. The van der Waals surface area contributed by atoms with Crippen LogP contribution in [0.5, 0.6) is 0 Å². The van der Waals surface area contributed by atoms with Gasteiger partial charge < -0.3 is 10.6 Å². The van der Waals surface area contributed by atoms with E-state index in [1.807, 2.05) is 41.2 Å². The van der Waals surface area contributed by atoms with Gasteiger partial charge in [-0.15, -0.1) is 0 Å². The maximum absolute atomic E-state index is 12.2. The number of hydrogen-bond donors (Lipinski definition) is 2. The third kappa shape index (κ3) is 5.82. The number of unbranched alkanes of at least 4 members (excludes halogenated alkanes) is 1. The van der Waals surface area contributed by atoms with Gasteiger partial charge >= 0.3 is 6.03 Å². The number of carbonyl (C=O) groups is 1. The molecule has 1 aromatic carbocycles. The van der Waals surface area contributed by atoms with Crippen LogP contribution in [0.15, 0.2) is 42.7 Å². The number of hydrogen-bond acceptors (Lipinski definition) is 3. The second kappa shape index (κ2) is 10.1. The Balaban J connectivity index is 1.45. The summed E-state index contributed by atoms with van der Waals surface area (Å²) in [6.45, 7) is 5.76. The van der Waals surface area contributed by atoms with Crippen LogP contribution in [-0.4, -0.2) is 46.4 Å². The molecular formula is C21H31N5O. The Hall–Kier alpha value is -2.34. The zero-order chi connectivity index (χ0) is 18.9. The minimum atomic E-state index is -0.0968. The van der Waals surface area contributed by atoms with Crippen molar-refractivity contribution in [1.29, 1.82) is 0 Å². The molecule has 1 aromatic heterocycles. The summed E-state index contributed by atoms with van der Waals surface area (Å²) in [5.74, 6) is 0. The van der Waals surface area contributed by atoms with Crippen molar-refractivity contribution < 1.29 is 4.79 Å². The molecule has 27 heavy (non-hydrogen) atoms. The van der Waals surface area contributed by atoms with Crippen LogP contribution in [0.3, 0.4) is 0 Å². The van der Waals surface area contributed by atoms with Gasteiger partial charge in [-0.25, -0.2) is 9.48 Å². The van der Waals surface area contributed by atoms with Gasteiger partial charge in [-0.05, 0) is 56.1 Å². The smallest absolute Gasteiger partial charge is 0.315 e. The summed E-state index contributed by atoms with van der Waals surface area (Å²) >= 11 is 0. The molecular weight excluding hydrogens is 338 g/mol. The lowest BCUT2D eigenvalue weighted by atomic mass is 10.0. The zero-order valence-electron chi connectivity index (χ0n) is 16.2. The molecule has 3 rings (SSSR count). The molecule has 0 aliphatic carbocycles. The maximum Gasteiger partial charge on any atom is 0.315 e. The molecule has 1 unspecified atom stereocenters. The van der Waals surface area contributed by atoms with Crippen LogP contribution in [0.25, 0.3) is 5.69 Å². The zero-order valence-corrected chi connectivity index (χ0v) is 16.2. The van der Waals surface area contributed by atoms with Gasteiger partial charge in [-0.3, -0.25) is 4.90 Å². The monoisotopic (exact) mass is 369 g/mol.